The van der Waals surface area contributed by atoms with Crippen molar-refractivity contribution in [3.8, 4) is 0 Å². The van der Waals surface area contributed by atoms with Gasteiger partial charge in [-0.25, -0.2) is 0 Å². The molecule has 0 atom stereocenters. The van der Waals surface area contributed by atoms with Crippen molar-refractivity contribution in [3.63, 3.8) is 0 Å². The largest absolute Gasteiger partial charge is 0.383 e. The second-order valence-corrected chi connectivity index (χ2v) is 1.84. The Bertz CT molecular complexity index is 211. The van der Waals surface area contributed by atoms with Gasteiger partial charge in [0, 0.05) is 6.20 Å². The maximum atomic E-state index is 5.47. The van der Waals surface area contributed by atoms with Crippen LogP contribution in [0.1, 0.15) is 0 Å². The Kier molecular flexibility index (Phi) is 0.457. The van der Waals surface area contributed by atoms with Gasteiger partial charge in [0.2, 0.25) is 0 Å². The summed E-state index contributed by atoms with van der Waals surface area (Å²) in [5, 5.41) is 0. The molecule has 2 N–H and O–H groups in total. The third kappa shape index (κ3) is 0.281. The Labute approximate surface area is 47.6 Å². The molecule has 40 valence electrons. The van der Waals surface area contributed by atoms with Gasteiger partial charge in [0.25, 0.3) is 0 Å². The second kappa shape index (κ2) is 0.968. The molecule has 0 aliphatic carbocycles. The SMILES string of the molecule is NC1=C2C=CC=CN12. The zero-order valence-electron chi connectivity index (χ0n) is 4.33. The molecule has 0 unspecified atom stereocenters. The van der Waals surface area contributed by atoms with Crippen LogP contribution in [0, 0.1) is 0 Å². The number of nitrogens with two attached hydrogens (primary N) is 1. The van der Waals surface area contributed by atoms with Crippen molar-refractivity contribution in [2.24, 2.45) is 5.73 Å². The molecule has 0 fully saturated rings. The number of rotatable bonds is 0. The molecule has 2 heteroatoms. The molecule has 0 aromatic carbocycles. The number of hydrogen-bond donors (Lipinski definition) is 1. The van der Waals surface area contributed by atoms with Gasteiger partial charge in [-0.05, 0) is 12.2 Å². The van der Waals surface area contributed by atoms with E-state index in [1.165, 1.54) is 0 Å². The highest BCUT2D eigenvalue weighted by molar-refractivity contribution is 5.45. The predicted octanol–water partition coefficient (Wildman–Crippen LogP) is 0.513. The van der Waals surface area contributed by atoms with E-state index in [0.717, 1.165) is 11.5 Å². The molecular weight excluding hydrogens is 100 g/mol. The molecular formula is C6H6N2. The summed E-state index contributed by atoms with van der Waals surface area (Å²) in [5.41, 5.74) is 6.62. The summed E-state index contributed by atoms with van der Waals surface area (Å²) < 4.78 is 0. The summed E-state index contributed by atoms with van der Waals surface area (Å²) in [7, 11) is 0. The minimum Gasteiger partial charge on any atom is -0.383 e. The first kappa shape index (κ1) is 3.78. The van der Waals surface area contributed by atoms with E-state index in [9.17, 15) is 0 Å². The first-order valence-corrected chi connectivity index (χ1v) is 2.53. The molecule has 0 bridgehead atoms. The van der Waals surface area contributed by atoms with Crippen LogP contribution < -0.4 is 5.73 Å². The smallest absolute Gasteiger partial charge is 0.132 e. The van der Waals surface area contributed by atoms with E-state index in [2.05, 4.69) is 0 Å². The van der Waals surface area contributed by atoms with Crippen molar-refractivity contribution in [2.45, 2.75) is 0 Å². The van der Waals surface area contributed by atoms with Crippen LogP contribution >= 0.6 is 0 Å². The fourth-order valence-corrected chi connectivity index (χ4v) is 0.814. The molecule has 2 heterocycles. The highest BCUT2D eigenvalue weighted by Gasteiger charge is 2.26. The quantitative estimate of drug-likeness (QED) is 0.487. The van der Waals surface area contributed by atoms with E-state index in [1.54, 1.807) is 0 Å². The van der Waals surface area contributed by atoms with Crippen LogP contribution in [0.5, 0.6) is 0 Å². The molecule has 0 saturated carbocycles. The molecule has 2 rings (SSSR count). The molecule has 0 saturated heterocycles. The zero-order valence-corrected chi connectivity index (χ0v) is 4.33. The lowest BCUT2D eigenvalue weighted by Crippen LogP contribution is -1.96. The van der Waals surface area contributed by atoms with Crippen molar-refractivity contribution in [1.82, 2.24) is 4.90 Å². The lowest BCUT2D eigenvalue weighted by Gasteiger charge is -1.95. The molecule has 2 nitrogen and oxygen atoms in total. The molecule has 2 aliphatic heterocycles. The highest BCUT2D eigenvalue weighted by Crippen LogP contribution is 2.30. The van der Waals surface area contributed by atoms with Gasteiger partial charge in [-0.15, -0.1) is 0 Å². The topological polar surface area (TPSA) is 29.0 Å². The van der Waals surface area contributed by atoms with Crippen LogP contribution in [0.25, 0.3) is 0 Å². The lowest BCUT2D eigenvalue weighted by atomic mass is 10.4. The van der Waals surface area contributed by atoms with Gasteiger partial charge in [0.05, 0.1) is 5.70 Å². The Morgan fingerprint density at radius 2 is 2.25 bits per heavy atom. The molecule has 8 heavy (non-hydrogen) atoms. The molecule has 0 aromatic heterocycles. The van der Waals surface area contributed by atoms with E-state index in [4.69, 9.17) is 5.73 Å². The van der Waals surface area contributed by atoms with Crippen molar-refractivity contribution in [1.29, 1.82) is 0 Å². The van der Waals surface area contributed by atoms with E-state index in [-0.39, 0.29) is 0 Å². The number of hydrogen-bond acceptors (Lipinski definition) is 2. The van der Waals surface area contributed by atoms with E-state index in [0.29, 0.717) is 0 Å². The molecule has 2 aliphatic rings. The van der Waals surface area contributed by atoms with Crippen molar-refractivity contribution >= 4 is 0 Å². The fourth-order valence-electron chi connectivity index (χ4n) is 0.814. The Balaban J connectivity index is 2.37. The van der Waals surface area contributed by atoms with Crippen molar-refractivity contribution in [3.05, 3.63) is 35.9 Å². The van der Waals surface area contributed by atoms with Crippen LogP contribution in [0.4, 0.5) is 0 Å². The summed E-state index contributed by atoms with van der Waals surface area (Å²) in [6, 6.07) is 0. The number of fused-ring (bicyclic) bond motifs is 1. The Hall–Kier alpha value is -1.18. The lowest BCUT2D eigenvalue weighted by molar-refractivity contribution is 0.756. The highest BCUT2D eigenvalue weighted by atomic mass is 15.3. The second-order valence-electron chi connectivity index (χ2n) is 1.84. The predicted molar refractivity (Wildman–Crippen MR) is 31.3 cm³/mol. The van der Waals surface area contributed by atoms with E-state index >= 15 is 0 Å². The maximum Gasteiger partial charge on any atom is 0.132 e. The first-order chi connectivity index (χ1) is 3.89. The summed E-state index contributed by atoms with van der Waals surface area (Å²) >= 11 is 0. The van der Waals surface area contributed by atoms with Crippen LogP contribution in [-0.2, 0) is 0 Å². The van der Waals surface area contributed by atoms with Gasteiger partial charge in [0.1, 0.15) is 5.82 Å². The average molecular weight is 106 g/mol. The number of nitrogens with zero attached hydrogens (tertiary/aromatic N) is 1. The fraction of sp³-hybridized carbons (Fsp3) is 0. The van der Waals surface area contributed by atoms with Gasteiger partial charge < -0.3 is 5.73 Å². The normalized spacial score (nSPS) is 21.8. The molecule has 0 spiro atoms. The summed E-state index contributed by atoms with van der Waals surface area (Å²) in [4.78, 5) is 1.94. The summed E-state index contributed by atoms with van der Waals surface area (Å²) in [5.74, 6) is 0.884. The average Bonchev–Trinajstić information content (AvgIpc) is 2.46. The molecule has 0 amide bonds. The molecule has 0 aromatic rings. The van der Waals surface area contributed by atoms with Crippen LogP contribution in [-0.4, -0.2) is 4.90 Å². The van der Waals surface area contributed by atoms with E-state index in [1.807, 2.05) is 29.3 Å². The van der Waals surface area contributed by atoms with Crippen molar-refractivity contribution < 1.29 is 0 Å². The van der Waals surface area contributed by atoms with Gasteiger partial charge in [-0.3, -0.25) is 4.90 Å². The van der Waals surface area contributed by atoms with Gasteiger partial charge >= 0.3 is 0 Å². The van der Waals surface area contributed by atoms with E-state index < -0.39 is 0 Å². The van der Waals surface area contributed by atoms with Crippen LogP contribution in [0.3, 0.4) is 0 Å². The third-order valence-corrected chi connectivity index (χ3v) is 1.33. The van der Waals surface area contributed by atoms with Gasteiger partial charge in [-0.1, -0.05) is 6.08 Å². The number of allylic oxidation sites excluding steroid dienone is 3. The minimum atomic E-state index is 0.884. The first-order valence-electron chi connectivity index (χ1n) is 2.53. The molecule has 0 radical (unpaired) electrons. The Morgan fingerprint density at radius 1 is 1.38 bits per heavy atom. The standard InChI is InChI=1S/C6H6N2/c7-6-5-3-1-2-4-8(5)6/h1-4H,7H2. The Morgan fingerprint density at radius 3 is 2.75 bits per heavy atom. The monoisotopic (exact) mass is 106 g/mol. The van der Waals surface area contributed by atoms with Crippen molar-refractivity contribution in [2.75, 3.05) is 0 Å². The van der Waals surface area contributed by atoms with Crippen LogP contribution in [0.2, 0.25) is 0 Å². The van der Waals surface area contributed by atoms with Gasteiger partial charge in [0.15, 0.2) is 0 Å². The van der Waals surface area contributed by atoms with Gasteiger partial charge in [-0.2, -0.15) is 0 Å². The summed E-state index contributed by atoms with van der Waals surface area (Å²) in [6.45, 7) is 0. The third-order valence-electron chi connectivity index (χ3n) is 1.33. The van der Waals surface area contributed by atoms with Crippen LogP contribution in [0.15, 0.2) is 35.9 Å². The summed E-state index contributed by atoms with van der Waals surface area (Å²) in [6.07, 6.45) is 7.88. The maximum absolute atomic E-state index is 5.47. The zero-order chi connectivity index (χ0) is 5.56. The minimum absolute atomic E-state index is 0.884.